The SMILES string of the molecule is Cc1nc2c(n1Cc1cccc(/C(N)=N/O)c1)CCCC2. The summed E-state index contributed by atoms with van der Waals surface area (Å²) in [4.78, 5) is 4.70. The molecular weight excluding hydrogens is 264 g/mol. The number of aryl methyl sites for hydroxylation is 2. The van der Waals surface area contributed by atoms with E-state index in [0.29, 0.717) is 0 Å². The van der Waals surface area contributed by atoms with Crippen molar-refractivity contribution in [2.24, 2.45) is 10.9 Å². The minimum atomic E-state index is 0.140. The molecule has 0 radical (unpaired) electrons. The molecule has 1 aliphatic carbocycles. The third-order valence-electron chi connectivity index (χ3n) is 4.09. The lowest BCUT2D eigenvalue weighted by atomic mass is 10.0. The van der Waals surface area contributed by atoms with Gasteiger partial charge in [0.2, 0.25) is 0 Å². The molecule has 0 atom stereocenters. The van der Waals surface area contributed by atoms with Crippen molar-refractivity contribution in [3.63, 3.8) is 0 Å². The molecule has 0 spiro atoms. The summed E-state index contributed by atoms with van der Waals surface area (Å²) < 4.78 is 2.29. The van der Waals surface area contributed by atoms with Crippen LogP contribution in [0.1, 0.15) is 41.2 Å². The molecule has 0 fully saturated rings. The van der Waals surface area contributed by atoms with Gasteiger partial charge in [0.15, 0.2) is 5.84 Å². The van der Waals surface area contributed by atoms with Crippen LogP contribution in [0, 0.1) is 6.92 Å². The summed E-state index contributed by atoms with van der Waals surface area (Å²) in [7, 11) is 0. The molecule has 1 aliphatic rings. The van der Waals surface area contributed by atoms with Crippen molar-refractivity contribution in [1.29, 1.82) is 0 Å². The number of amidine groups is 1. The molecule has 3 rings (SSSR count). The van der Waals surface area contributed by atoms with Crippen molar-refractivity contribution >= 4 is 5.84 Å². The Kier molecular flexibility index (Phi) is 3.64. The summed E-state index contributed by atoms with van der Waals surface area (Å²) >= 11 is 0. The molecule has 5 heteroatoms. The van der Waals surface area contributed by atoms with Gasteiger partial charge in [0.25, 0.3) is 0 Å². The highest BCUT2D eigenvalue weighted by molar-refractivity contribution is 5.97. The molecular formula is C16H20N4O. The van der Waals surface area contributed by atoms with Gasteiger partial charge in [0, 0.05) is 17.8 Å². The molecule has 0 amide bonds. The van der Waals surface area contributed by atoms with Gasteiger partial charge >= 0.3 is 0 Å². The highest BCUT2D eigenvalue weighted by Gasteiger charge is 2.18. The van der Waals surface area contributed by atoms with E-state index in [-0.39, 0.29) is 5.84 Å². The minimum Gasteiger partial charge on any atom is -0.409 e. The highest BCUT2D eigenvalue weighted by atomic mass is 16.4. The molecule has 110 valence electrons. The second-order valence-corrected chi connectivity index (χ2v) is 5.53. The Bertz CT molecular complexity index is 688. The van der Waals surface area contributed by atoms with Crippen LogP contribution < -0.4 is 5.73 Å². The Balaban J connectivity index is 1.92. The fourth-order valence-electron chi connectivity index (χ4n) is 3.01. The van der Waals surface area contributed by atoms with Crippen LogP contribution in [0.15, 0.2) is 29.4 Å². The Labute approximate surface area is 124 Å². The first-order chi connectivity index (χ1) is 10.2. The molecule has 2 aromatic rings. The zero-order valence-corrected chi connectivity index (χ0v) is 12.2. The number of rotatable bonds is 3. The average Bonchev–Trinajstić information content (AvgIpc) is 2.83. The first kappa shape index (κ1) is 13.7. The predicted octanol–water partition coefficient (Wildman–Crippen LogP) is 2.21. The van der Waals surface area contributed by atoms with Gasteiger partial charge in [-0.15, -0.1) is 0 Å². The number of hydrogen-bond acceptors (Lipinski definition) is 3. The van der Waals surface area contributed by atoms with Gasteiger partial charge in [-0.2, -0.15) is 0 Å². The summed E-state index contributed by atoms with van der Waals surface area (Å²) in [5.74, 6) is 1.21. The molecule has 1 aromatic heterocycles. The molecule has 0 saturated carbocycles. The molecule has 3 N–H and O–H groups in total. The Hall–Kier alpha value is -2.30. The van der Waals surface area contributed by atoms with E-state index in [1.807, 2.05) is 18.2 Å². The van der Waals surface area contributed by atoms with E-state index in [0.717, 1.165) is 36.3 Å². The van der Waals surface area contributed by atoms with Crippen LogP contribution in [-0.2, 0) is 19.4 Å². The van der Waals surface area contributed by atoms with E-state index in [4.69, 9.17) is 15.9 Å². The second kappa shape index (κ2) is 5.60. The van der Waals surface area contributed by atoms with Crippen molar-refractivity contribution in [3.8, 4) is 0 Å². The lowest BCUT2D eigenvalue weighted by Gasteiger charge is -2.15. The number of imidazole rings is 1. The lowest BCUT2D eigenvalue weighted by Crippen LogP contribution is -2.14. The summed E-state index contributed by atoms with van der Waals surface area (Å²) in [5, 5.41) is 11.8. The molecule has 5 nitrogen and oxygen atoms in total. The second-order valence-electron chi connectivity index (χ2n) is 5.53. The van der Waals surface area contributed by atoms with Crippen LogP contribution in [-0.4, -0.2) is 20.6 Å². The number of fused-ring (bicyclic) bond motifs is 1. The van der Waals surface area contributed by atoms with Crippen molar-refractivity contribution in [3.05, 3.63) is 52.6 Å². The van der Waals surface area contributed by atoms with Crippen LogP contribution in [0.25, 0.3) is 0 Å². The summed E-state index contributed by atoms with van der Waals surface area (Å²) in [6, 6.07) is 7.79. The van der Waals surface area contributed by atoms with E-state index in [1.165, 1.54) is 24.2 Å². The monoisotopic (exact) mass is 284 g/mol. The predicted molar refractivity (Wildman–Crippen MR) is 81.7 cm³/mol. The first-order valence-corrected chi connectivity index (χ1v) is 7.30. The van der Waals surface area contributed by atoms with E-state index >= 15 is 0 Å². The van der Waals surface area contributed by atoms with E-state index in [2.05, 4.69) is 22.7 Å². The summed E-state index contributed by atoms with van der Waals surface area (Å²) in [6.07, 6.45) is 4.67. The number of benzene rings is 1. The van der Waals surface area contributed by atoms with Gasteiger partial charge in [0.05, 0.1) is 5.69 Å². The minimum absolute atomic E-state index is 0.140. The molecule has 0 saturated heterocycles. The summed E-state index contributed by atoms with van der Waals surface area (Å²) in [5.41, 5.74) is 10.2. The molecule has 21 heavy (non-hydrogen) atoms. The first-order valence-electron chi connectivity index (χ1n) is 7.30. The van der Waals surface area contributed by atoms with Crippen molar-refractivity contribution in [2.75, 3.05) is 0 Å². The van der Waals surface area contributed by atoms with Gasteiger partial charge in [-0.1, -0.05) is 23.4 Å². The standard InChI is InChI=1S/C16H20N4O/c1-11-18-14-7-2-3-8-15(14)20(11)10-12-5-4-6-13(9-12)16(17)19-21/h4-6,9,21H,2-3,7-8,10H2,1H3,(H2,17,19). The van der Waals surface area contributed by atoms with Crippen molar-refractivity contribution in [1.82, 2.24) is 9.55 Å². The average molecular weight is 284 g/mol. The van der Waals surface area contributed by atoms with Gasteiger partial charge < -0.3 is 15.5 Å². The molecule has 0 bridgehead atoms. The maximum Gasteiger partial charge on any atom is 0.170 e. The summed E-state index contributed by atoms with van der Waals surface area (Å²) in [6.45, 7) is 2.84. The molecule has 0 aliphatic heterocycles. The molecule has 0 unspecified atom stereocenters. The van der Waals surface area contributed by atoms with Crippen molar-refractivity contribution < 1.29 is 5.21 Å². The normalized spacial score (nSPS) is 15.0. The van der Waals surface area contributed by atoms with Crippen LogP contribution in [0.2, 0.25) is 0 Å². The number of oxime groups is 1. The quantitative estimate of drug-likeness (QED) is 0.393. The Morgan fingerprint density at radius 1 is 1.38 bits per heavy atom. The zero-order chi connectivity index (χ0) is 14.8. The van der Waals surface area contributed by atoms with Crippen LogP contribution in [0.5, 0.6) is 0 Å². The topological polar surface area (TPSA) is 76.4 Å². The van der Waals surface area contributed by atoms with Gasteiger partial charge in [-0.3, -0.25) is 0 Å². The largest absolute Gasteiger partial charge is 0.409 e. The zero-order valence-electron chi connectivity index (χ0n) is 12.2. The molecule has 1 heterocycles. The van der Waals surface area contributed by atoms with Crippen LogP contribution >= 0.6 is 0 Å². The van der Waals surface area contributed by atoms with E-state index in [1.54, 1.807) is 0 Å². The van der Waals surface area contributed by atoms with Crippen LogP contribution in [0.3, 0.4) is 0 Å². The number of hydrogen-bond donors (Lipinski definition) is 2. The maximum atomic E-state index is 8.79. The third-order valence-corrected chi connectivity index (χ3v) is 4.09. The maximum absolute atomic E-state index is 8.79. The van der Waals surface area contributed by atoms with Crippen molar-refractivity contribution in [2.45, 2.75) is 39.2 Å². The van der Waals surface area contributed by atoms with E-state index in [9.17, 15) is 0 Å². The fourth-order valence-corrected chi connectivity index (χ4v) is 3.01. The van der Waals surface area contributed by atoms with Crippen LogP contribution in [0.4, 0.5) is 0 Å². The molecule has 1 aromatic carbocycles. The third kappa shape index (κ3) is 2.63. The Morgan fingerprint density at radius 3 is 3.00 bits per heavy atom. The van der Waals surface area contributed by atoms with Gasteiger partial charge in [-0.25, -0.2) is 4.98 Å². The van der Waals surface area contributed by atoms with E-state index < -0.39 is 0 Å². The smallest absolute Gasteiger partial charge is 0.170 e. The fraction of sp³-hybridized carbons (Fsp3) is 0.375. The number of nitrogens with zero attached hydrogens (tertiary/aromatic N) is 3. The lowest BCUT2D eigenvalue weighted by molar-refractivity contribution is 0.318. The van der Waals surface area contributed by atoms with Gasteiger partial charge in [0.1, 0.15) is 5.82 Å². The number of nitrogens with two attached hydrogens (primary N) is 1. The van der Waals surface area contributed by atoms with Gasteiger partial charge in [-0.05, 0) is 44.2 Å². The Morgan fingerprint density at radius 2 is 2.19 bits per heavy atom. The number of aromatic nitrogens is 2. The highest BCUT2D eigenvalue weighted by Crippen LogP contribution is 2.23.